The first-order chi connectivity index (χ1) is 8.11. The minimum Gasteiger partial charge on any atom is -0.352 e. The van der Waals surface area contributed by atoms with Gasteiger partial charge in [-0.2, -0.15) is 0 Å². The molecule has 0 bridgehead atoms. The smallest absolute Gasteiger partial charge is 0.227 e. The Morgan fingerprint density at radius 2 is 1.71 bits per heavy atom. The molecule has 1 rings (SSSR count). The first-order valence-corrected chi connectivity index (χ1v) is 5.95. The number of carbonyl (C=O) groups is 2. The zero-order chi connectivity index (χ0) is 12.7. The van der Waals surface area contributed by atoms with Crippen LogP contribution in [0.3, 0.4) is 0 Å². The van der Waals surface area contributed by atoms with Crippen molar-refractivity contribution >= 4 is 11.7 Å². The van der Waals surface area contributed by atoms with Gasteiger partial charge >= 0.3 is 0 Å². The number of amides is 1. The van der Waals surface area contributed by atoms with Gasteiger partial charge in [0.1, 0.15) is 5.78 Å². The van der Waals surface area contributed by atoms with Gasteiger partial charge in [-0.15, -0.1) is 0 Å². The minimum atomic E-state index is -0.213. The molecule has 0 spiro atoms. The van der Waals surface area contributed by atoms with Crippen molar-refractivity contribution in [3.8, 4) is 0 Å². The molecule has 0 saturated heterocycles. The molecule has 0 fully saturated rings. The number of hydrogen-bond acceptors (Lipinski definition) is 2. The van der Waals surface area contributed by atoms with E-state index in [2.05, 4.69) is 24.4 Å². The van der Waals surface area contributed by atoms with Crippen LogP contribution in [-0.4, -0.2) is 11.7 Å². The Labute approximate surface area is 102 Å². The third kappa shape index (κ3) is 5.29. The molecule has 0 unspecified atom stereocenters. The summed E-state index contributed by atoms with van der Waals surface area (Å²) in [6.07, 6.45) is 2.18. The summed E-state index contributed by atoms with van der Waals surface area (Å²) in [7, 11) is 0. The van der Waals surface area contributed by atoms with Crippen molar-refractivity contribution in [1.82, 2.24) is 5.32 Å². The van der Waals surface area contributed by atoms with Crippen LogP contribution in [0.15, 0.2) is 24.3 Å². The molecule has 0 aliphatic carbocycles. The fourth-order valence-corrected chi connectivity index (χ4v) is 1.60. The van der Waals surface area contributed by atoms with E-state index in [1.165, 1.54) is 12.5 Å². The Hall–Kier alpha value is -1.64. The van der Waals surface area contributed by atoms with Crippen molar-refractivity contribution in [1.29, 1.82) is 0 Å². The first kappa shape index (κ1) is 13.4. The summed E-state index contributed by atoms with van der Waals surface area (Å²) in [5.41, 5.74) is 2.37. The molecular formula is C14H19NO2. The van der Waals surface area contributed by atoms with Crippen LogP contribution in [0.2, 0.25) is 0 Å². The average molecular weight is 233 g/mol. The van der Waals surface area contributed by atoms with Gasteiger partial charge in [0, 0.05) is 6.54 Å². The molecule has 1 aromatic carbocycles. The van der Waals surface area contributed by atoms with E-state index < -0.39 is 0 Å². The zero-order valence-corrected chi connectivity index (χ0v) is 10.5. The molecule has 0 atom stereocenters. The van der Waals surface area contributed by atoms with Gasteiger partial charge in [-0.05, 0) is 24.5 Å². The quantitative estimate of drug-likeness (QED) is 0.766. The summed E-state index contributed by atoms with van der Waals surface area (Å²) in [5.74, 6) is -0.323. The summed E-state index contributed by atoms with van der Waals surface area (Å²) < 4.78 is 0. The van der Waals surface area contributed by atoms with E-state index in [4.69, 9.17) is 0 Å². The lowest BCUT2D eigenvalue weighted by Crippen LogP contribution is -2.24. The van der Waals surface area contributed by atoms with E-state index in [0.29, 0.717) is 6.54 Å². The van der Waals surface area contributed by atoms with Crippen LogP contribution >= 0.6 is 0 Å². The molecule has 1 amide bonds. The normalized spacial score (nSPS) is 10.0. The number of nitrogens with one attached hydrogen (secondary N) is 1. The standard InChI is InChI=1S/C14H19NO2/c1-3-4-12-5-7-13(8-6-12)10-15-14(17)9-11(2)16/h5-8H,3-4,9-10H2,1-2H3,(H,15,17). The Morgan fingerprint density at radius 3 is 2.24 bits per heavy atom. The average Bonchev–Trinajstić information content (AvgIpc) is 2.28. The number of hydrogen-bond donors (Lipinski definition) is 1. The van der Waals surface area contributed by atoms with Gasteiger partial charge in [0.15, 0.2) is 0 Å². The fourth-order valence-electron chi connectivity index (χ4n) is 1.60. The van der Waals surface area contributed by atoms with Crippen LogP contribution in [0, 0.1) is 0 Å². The lowest BCUT2D eigenvalue weighted by molar-refractivity contribution is -0.127. The highest BCUT2D eigenvalue weighted by molar-refractivity contribution is 5.96. The number of benzene rings is 1. The maximum atomic E-state index is 11.3. The maximum absolute atomic E-state index is 11.3. The van der Waals surface area contributed by atoms with E-state index in [-0.39, 0.29) is 18.1 Å². The van der Waals surface area contributed by atoms with Crippen LogP contribution in [0.4, 0.5) is 0 Å². The van der Waals surface area contributed by atoms with Crippen LogP contribution in [0.25, 0.3) is 0 Å². The monoisotopic (exact) mass is 233 g/mol. The summed E-state index contributed by atoms with van der Waals surface area (Å²) in [6.45, 7) is 4.05. The third-order valence-electron chi connectivity index (χ3n) is 2.46. The molecule has 0 aliphatic heterocycles. The van der Waals surface area contributed by atoms with Crippen LogP contribution in [0.1, 0.15) is 37.8 Å². The molecule has 1 N–H and O–H groups in total. The number of aryl methyl sites for hydroxylation is 1. The van der Waals surface area contributed by atoms with E-state index in [0.717, 1.165) is 18.4 Å². The molecule has 0 saturated carbocycles. The second kappa shape index (κ2) is 6.84. The predicted octanol–water partition coefficient (Wildman–Crippen LogP) is 2.23. The molecule has 0 heterocycles. The molecule has 0 aromatic heterocycles. The number of ketones is 1. The van der Waals surface area contributed by atoms with Crippen molar-refractivity contribution in [3.63, 3.8) is 0 Å². The zero-order valence-electron chi connectivity index (χ0n) is 10.5. The third-order valence-corrected chi connectivity index (χ3v) is 2.46. The molecule has 3 nitrogen and oxygen atoms in total. The van der Waals surface area contributed by atoms with Gasteiger partial charge in [-0.25, -0.2) is 0 Å². The van der Waals surface area contributed by atoms with Crippen molar-refractivity contribution < 1.29 is 9.59 Å². The van der Waals surface area contributed by atoms with Gasteiger partial charge in [-0.1, -0.05) is 37.6 Å². The Kier molecular flexibility index (Phi) is 5.40. The van der Waals surface area contributed by atoms with Gasteiger partial charge in [0.05, 0.1) is 6.42 Å². The summed E-state index contributed by atoms with van der Waals surface area (Å²) in [5, 5.41) is 2.72. The SMILES string of the molecule is CCCc1ccc(CNC(=O)CC(C)=O)cc1. The van der Waals surface area contributed by atoms with Gasteiger partial charge < -0.3 is 5.32 Å². The van der Waals surface area contributed by atoms with Crippen LogP contribution in [0.5, 0.6) is 0 Å². The first-order valence-electron chi connectivity index (χ1n) is 5.95. The van der Waals surface area contributed by atoms with Crippen LogP contribution in [-0.2, 0) is 22.6 Å². The molecular weight excluding hydrogens is 214 g/mol. The van der Waals surface area contributed by atoms with E-state index >= 15 is 0 Å². The fraction of sp³-hybridized carbons (Fsp3) is 0.429. The van der Waals surface area contributed by atoms with Crippen LogP contribution < -0.4 is 5.32 Å². The summed E-state index contributed by atoms with van der Waals surface area (Å²) in [6, 6.07) is 8.18. The highest BCUT2D eigenvalue weighted by atomic mass is 16.2. The van der Waals surface area contributed by atoms with Crippen molar-refractivity contribution in [2.75, 3.05) is 0 Å². The van der Waals surface area contributed by atoms with E-state index in [1.807, 2.05) is 12.1 Å². The molecule has 1 aromatic rings. The van der Waals surface area contributed by atoms with Crippen molar-refractivity contribution in [3.05, 3.63) is 35.4 Å². The van der Waals surface area contributed by atoms with E-state index in [9.17, 15) is 9.59 Å². The second-order valence-corrected chi connectivity index (χ2v) is 4.22. The molecule has 0 aliphatic rings. The lowest BCUT2D eigenvalue weighted by atomic mass is 10.1. The predicted molar refractivity (Wildman–Crippen MR) is 67.6 cm³/mol. The lowest BCUT2D eigenvalue weighted by Gasteiger charge is -2.05. The highest BCUT2D eigenvalue weighted by Crippen LogP contribution is 2.06. The molecule has 3 heteroatoms. The van der Waals surface area contributed by atoms with Gasteiger partial charge in [0.2, 0.25) is 5.91 Å². The minimum absolute atomic E-state index is 0.0338. The van der Waals surface area contributed by atoms with Gasteiger partial charge in [-0.3, -0.25) is 9.59 Å². The summed E-state index contributed by atoms with van der Waals surface area (Å²) >= 11 is 0. The molecule has 0 radical (unpaired) electrons. The topological polar surface area (TPSA) is 46.2 Å². The Morgan fingerprint density at radius 1 is 1.12 bits per heavy atom. The number of carbonyl (C=O) groups excluding carboxylic acids is 2. The van der Waals surface area contributed by atoms with Gasteiger partial charge in [0.25, 0.3) is 0 Å². The largest absolute Gasteiger partial charge is 0.352 e. The van der Waals surface area contributed by atoms with Crippen molar-refractivity contribution in [2.24, 2.45) is 0 Å². The van der Waals surface area contributed by atoms with E-state index in [1.54, 1.807) is 0 Å². The molecule has 92 valence electrons. The molecule has 17 heavy (non-hydrogen) atoms. The number of Topliss-reactive ketones (excluding diaryl/α,β-unsaturated/α-hetero) is 1. The summed E-state index contributed by atoms with van der Waals surface area (Å²) in [4.78, 5) is 22.0. The number of rotatable bonds is 6. The second-order valence-electron chi connectivity index (χ2n) is 4.22. The maximum Gasteiger partial charge on any atom is 0.227 e. The highest BCUT2D eigenvalue weighted by Gasteiger charge is 2.04. The van der Waals surface area contributed by atoms with Crippen molar-refractivity contribution in [2.45, 2.75) is 39.7 Å². The Balaban J connectivity index is 2.41. The Bertz CT molecular complexity index is 382.